The first-order valence-electron chi connectivity index (χ1n) is 10.1. The van der Waals surface area contributed by atoms with Gasteiger partial charge < -0.3 is 5.32 Å². The van der Waals surface area contributed by atoms with Crippen LogP contribution in [0.25, 0.3) is 21.7 Å². The van der Waals surface area contributed by atoms with E-state index in [4.69, 9.17) is 0 Å². The highest BCUT2D eigenvalue weighted by Crippen LogP contribution is 2.30. The van der Waals surface area contributed by atoms with Crippen molar-refractivity contribution in [3.63, 3.8) is 0 Å². The van der Waals surface area contributed by atoms with Gasteiger partial charge in [0.05, 0.1) is 17.4 Å². The van der Waals surface area contributed by atoms with Crippen LogP contribution >= 0.6 is 0 Å². The minimum Gasteiger partial charge on any atom is -0.325 e. The standard InChI is InChI=1S/C25H19N3O3/c29-22(27-18-14-17-6-1-2-11-21(17)26-15-18)12-5-13-28-24(30)19-9-3-7-16-8-4-10-20(23(16)19)25(28)31/h1-4,6-11,14-15H,5,12-13H2,(H,27,29). The smallest absolute Gasteiger partial charge is 0.261 e. The van der Waals surface area contributed by atoms with E-state index in [9.17, 15) is 14.4 Å². The average Bonchev–Trinajstić information content (AvgIpc) is 2.79. The Hall–Kier alpha value is -4.06. The van der Waals surface area contributed by atoms with Gasteiger partial charge in [0.2, 0.25) is 5.91 Å². The number of carbonyl (C=O) groups is 3. The Balaban J connectivity index is 1.25. The molecule has 0 aliphatic carbocycles. The zero-order valence-electron chi connectivity index (χ0n) is 16.7. The molecule has 1 N–H and O–H groups in total. The van der Waals surface area contributed by atoms with E-state index in [0.717, 1.165) is 16.3 Å². The minimum absolute atomic E-state index is 0.184. The zero-order chi connectivity index (χ0) is 21.4. The number of imide groups is 1. The Bertz CT molecular complexity index is 1310. The third-order valence-electron chi connectivity index (χ3n) is 5.52. The first kappa shape index (κ1) is 18.9. The number of fused-ring (bicyclic) bond motifs is 1. The SMILES string of the molecule is O=C(CCCN1C(=O)c2cccc3cccc(c23)C1=O)Nc1cnc2ccccc2c1. The van der Waals surface area contributed by atoms with E-state index in [1.165, 1.54) is 4.90 Å². The highest BCUT2D eigenvalue weighted by Gasteiger charge is 2.32. The van der Waals surface area contributed by atoms with Crippen molar-refractivity contribution in [3.05, 3.63) is 84.1 Å². The summed E-state index contributed by atoms with van der Waals surface area (Å²) in [7, 11) is 0. The second kappa shape index (κ2) is 7.65. The lowest BCUT2D eigenvalue weighted by Crippen LogP contribution is -2.41. The van der Waals surface area contributed by atoms with Crippen LogP contribution < -0.4 is 5.32 Å². The molecule has 1 aliphatic rings. The predicted octanol–water partition coefficient (Wildman–Crippen LogP) is 4.40. The molecular weight excluding hydrogens is 390 g/mol. The number of carbonyl (C=O) groups excluding carboxylic acids is 3. The molecule has 1 aliphatic heterocycles. The van der Waals surface area contributed by atoms with Gasteiger partial charge in [0.25, 0.3) is 11.8 Å². The Kier molecular flexibility index (Phi) is 4.67. The molecule has 0 atom stereocenters. The van der Waals surface area contributed by atoms with Crippen LogP contribution in [0, 0.1) is 0 Å². The van der Waals surface area contributed by atoms with Crippen molar-refractivity contribution in [2.24, 2.45) is 0 Å². The maximum absolute atomic E-state index is 12.9. The summed E-state index contributed by atoms with van der Waals surface area (Å²) in [5.41, 5.74) is 2.53. The summed E-state index contributed by atoms with van der Waals surface area (Å²) in [5, 5.41) is 5.36. The van der Waals surface area contributed by atoms with Gasteiger partial charge in [0, 0.05) is 34.9 Å². The fraction of sp³-hybridized carbons (Fsp3) is 0.120. The predicted molar refractivity (Wildman–Crippen MR) is 119 cm³/mol. The van der Waals surface area contributed by atoms with Gasteiger partial charge in [-0.15, -0.1) is 0 Å². The van der Waals surface area contributed by atoms with Gasteiger partial charge in [-0.25, -0.2) is 0 Å². The molecule has 3 aromatic carbocycles. The van der Waals surface area contributed by atoms with Crippen LogP contribution in [0.4, 0.5) is 5.69 Å². The van der Waals surface area contributed by atoms with Gasteiger partial charge in [0.1, 0.15) is 0 Å². The largest absolute Gasteiger partial charge is 0.325 e. The van der Waals surface area contributed by atoms with Crippen LogP contribution in [0.15, 0.2) is 72.9 Å². The van der Waals surface area contributed by atoms with E-state index in [2.05, 4.69) is 10.3 Å². The van der Waals surface area contributed by atoms with E-state index in [1.54, 1.807) is 18.3 Å². The third-order valence-corrected chi connectivity index (χ3v) is 5.52. The van der Waals surface area contributed by atoms with Crippen molar-refractivity contribution in [2.75, 3.05) is 11.9 Å². The summed E-state index contributed by atoms with van der Waals surface area (Å²) in [6.07, 6.45) is 2.19. The van der Waals surface area contributed by atoms with Gasteiger partial charge in [0.15, 0.2) is 0 Å². The molecule has 0 saturated carbocycles. The molecule has 1 aromatic heterocycles. The van der Waals surface area contributed by atoms with E-state index in [-0.39, 0.29) is 30.7 Å². The molecule has 5 rings (SSSR count). The molecule has 0 saturated heterocycles. The fourth-order valence-electron chi connectivity index (χ4n) is 4.04. The molecule has 2 heterocycles. The Morgan fingerprint density at radius 3 is 2.29 bits per heavy atom. The van der Waals surface area contributed by atoms with E-state index in [0.29, 0.717) is 28.6 Å². The molecule has 152 valence electrons. The summed E-state index contributed by atoms with van der Waals surface area (Å²) < 4.78 is 0. The number of rotatable bonds is 5. The lowest BCUT2D eigenvalue weighted by Gasteiger charge is -2.27. The monoisotopic (exact) mass is 409 g/mol. The number of hydrogen-bond donors (Lipinski definition) is 1. The second-order valence-electron chi connectivity index (χ2n) is 7.54. The topological polar surface area (TPSA) is 79.4 Å². The first-order chi connectivity index (χ1) is 15.1. The molecule has 31 heavy (non-hydrogen) atoms. The van der Waals surface area contributed by atoms with Gasteiger partial charge in [-0.3, -0.25) is 24.3 Å². The van der Waals surface area contributed by atoms with E-state index in [1.807, 2.05) is 54.6 Å². The maximum atomic E-state index is 12.9. The Labute approximate surface area is 178 Å². The van der Waals surface area contributed by atoms with Crippen molar-refractivity contribution in [1.82, 2.24) is 9.88 Å². The summed E-state index contributed by atoms with van der Waals surface area (Å²) in [6, 6.07) is 20.5. The quantitative estimate of drug-likeness (QED) is 0.496. The summed E-state index contributed by atoms with van der Waals surface area (Å²) in [5.74, 6) is -0.807. The number of nitrogens with one attached hydrogen (secondary N) is 1. The molecule has 0 spiro atoms. The lowest BCUT2D eigenvalue weighted by molar-refractivity contribution is -0.116. The third kappa shape index (κ3) is 3.42. The highest BCUT2D eigenvalue weighted by molar-refractivity contribution is 6.25. The number of pyridine rings is 1. The number of hydrogen-bond acceptors (Lipinski definition) is 4. The van der Waals surface area contributed by atoms with Gasteiger partial charge >= 0.3 is 0 Å². The number of para-hydroxylation sites is 1. The Morgan fingerprint density at radius 2 is 1.55 bits per heavy atom. The summed E-state index contributed by atoms with van der Waals surface area (Å²) >= 11 is 0. The van der Waals surface area contributed by atoms with Crippen LogP contribution in [0.5, 0.6) is 0 Å². The van der Waals surface area contributed by atoms with Crippen LogP contribution in [0.1, 0.15) is 33.6 Å². The summed E-state index contributed by atoms with van der Waals surface area (Å²) in [4.78, 5) is 43.8. The molecule has 0 fully saturated rings. The van der Waals surface area contributed by atoms with Crippen molar-refractivity contribution < 1.29 is 14.4 Å². The summed E-state index contributed by atoms with van der Waals surface area (Å²) in [6.45, 7) is 0.186. The van der Waals surface area contributed by atoms with Gasteiger partial charge in [-0.1, -0.05) is 42.5 Å². The van der Waals surface area contributed by atoms with Crippen LogP contribution in [0.3, 0.4) is 0 Å². The lowest BCUT2D eigenvalue weighted by atomic mass is 9.94. The maximum Gasteiger partial charge on any atom is 0.261 e. The van der Waals surface area contributed by atoms with Crippen molar-refractivity contribution in [3.8, 4) is 0 Å². The number of nitrogens with zero attached hydrogens (tertiary/aromatic N) is 2. The van der Waals surface area contributed by atoms with Gasteiger partial charge in [-0.05, 0) is 36.1 Å². The second-order valence-corrected chi connectivity index (χ2v) is 7.54. The molecule has 0 radical (unpaired) electrons. The minimum atomic E-state index is -0.312. The van der Waals surface area contributed by atoms with Crippen molar-refractivity contribution >= 4 is 45.1 Å². The van der Waals surface area contributed by atoms with E-state index < -0.39 is 0 Å². The number of aromatic nitrogens is 1. The van der Waals surface area contributed by atoms with Crippen LogP contribution in [-0.2, 0) is 4.79 Å². The van der Waals surface area contributed by atoms with Gasteiger partial charge in [-0.2, -0.15) is 0 Å². The average molecular weight is 409 g/mol. The van der Waals surface area contributed by atoms with Crippen molar-refractivity contribution in [1.29, 1.82) is 0 Å². The van der Waals surface area contributed by atoms with Crippen molar-refractivity contribution in [2.45, 2.75) is 12.8 Å². The molecular formula is C25H19N3O3. The normalized spacial score (nSPS) is 13.1. The number of amides is 3. The number of anilines is 1. The molecule has 6 heteroatoms. The molecule has 6 nitrogen and oxygen atoms in total. The highest BCUT2D eigenvalue weighted by atomic mass is 16.2. The van der Waals surface area contributed by atoms with Crippen LogP contribution in [0.2, 0.25) is 0 Å². The molecule has 0 bridgehead atoms. The Morgan fingerprint density at radius 1 is 0.871 bits per heavy atom. The molecule has 0 unspecified atom stereocenters. The molecule has 3 amide bonds. The van der Waals surface area contributed by atoms with E-state index >= 15 is 0 Å². The number of benzene rings is 3. The van der Waals surface area contributed by atoms with Crippen LogP contribution in [-0.4, -0.2) is 34.2 Å². The fourth-order valence-corrected chi connectivity index (χ4v) is 4.04. The zero-order valence-corrected chi connectivity index (χ0v) is 16.7. The molecule has 4 aromatic rings. The first-order valence-corrected chi connectivity index (χ1v) is 10.1.